The van der Waals surface area contributed by atoms with E-state index in [9.17, 15) is 4.79 Å². The summed E-state index contributed by atoms with van der Waals surface area (Å²) in [6, 6.07) is 13.0. The normalized spacial score (nSPS) is 11.2. The Balaban J connectivity index is 2.11. The predicted octanol–water partition coefficient (Wildman–Crippen LogP) is 5.29. The standard InChI is InChI=1S/C21H27ClN2O2/c1-6-24(7-2)17-10-13-19(15(3)14-17)23-20(25)21(4,5)26-18-11-8-16(22)9-12-18/h8-14H,6-7H2,1-5H3,(H,23,25). The number of aryl methyl sites for hydroxylation is 1. The van der Waals surface area contributed by atoms with Crippen molar-refractivity contribution < 1.29 is 9.53 Å². The average Bonchev–Trinajstić information content (AvgIpc) is 2.60. The van der Waals surface area contributed by atoms with Gasteiger partial charge in [-0.1, -0.05) is 11.6 Å². The largest absolute Gasteiger partial charge is 0.478 e. The third-order valence-electron chi connectivity index (χ3n) is 4.32. The molecule has 0 aromatic heterocycles. The highest BCUT2D eigenvalue weighted by molar-refractivity contribution is 6.30. The maximum Gasteiger partial charge on any atom is 0.267 e. The molecule has 2 aromatic carbocycles. The van der Waals surface area contributed by atoms with Crippen LogP contribution in [0.2, 0.25) is 5.02 Å². The number of carbonyl (C=O) groups is 1. The number of amides is 1. The predicted molar refractivity (Wildman–Crippen MR) is 110 cm³/mol. The fourth-order valence-corrected chi connectivity index (χ4v) is 2.82. The molecule has 1 N–H and O–H groups in total. The van der Waals surface area contributed by atoms with Crippen LogP contribution < -0.4 is 15.0 Å². The lowest BCUT2D eigenvalue weighted by Gasteiger charge is -2.26. The third kappa shape index (κ3) is 4.92. The molecule has 0 atom stereocenters. The maximum absolute atomic E-state index is 12.7. The Morgan fingerprint density at radius 2 is 1.73 bits per heavy atom. The molecular weight excluding hydrogens is 348 g/mol. The van der Waals surface area contributed by atoms with Crippen LogP contribution in [-0.4, -0.2) is 24.6 Å². The van der Waals surface area contributed by atoms with Gasteiger partial charge in [0, 0.05) is 29.5 Å². The molecule has 2 aromatic rings. The second kappa shape index (κ2) is 8.45. The highest BCUT2D eigenvalue weighted by Gasteiger charge is 2.30. The van der Waals surface area contributed by atoms with Gasteiger partial charge in [0.2, 0.25) is 0 Å². The monoisotopic (exact) mass is 374 g/mol. The molecule has 0 bridgehead atoms. The molecule has 0 saturated carbocycles. The zero-order valence-corrected chi connectivity index (χ0v) is 16.9. The van der Waals surface area contributed by atoms with Crippen molar-refractivity contribution in [3.8, 4) is 5.75 Å². The van der Waals surface area contributed by atoms with Crippen LogP contribution in [0, 0.1) is 6.92 Å². The van der Waals surface area contributed by atoms with Gasteiger partial charge in [0.1, 0.15) is 5.75 Å². The van der Waals surface area contributed by atoms with Crippen LogP contribution in [-0.2, 0) is 4.79 Å². The summed E-state index contributed by atoms with van der Waals surface area (Å²) in [7, 11) is 0. The molecule has 4 nitrogen and oxygen atoms in total. The van der Waals surface area contributed by atoms with Crippen molar-refractivity contribution in [1.29, 1.82) is 0 Å². The molecule has 0 saturated heterocycles. The molecule has 5 heteroatoms. The van der Waals surface area contributed by atoms with Crippen molar-refractivity contribution in [3.63, 3.8) is 0 Å². The Bertz CT molecular complexity index is 753. The molecule has 140 valence electrons. The zero-order chi connectivity index (χ0) is 19.3. The molecule has 0 unspecified atom stereocenters. The van der Waals surface area contributed by atoms with E-state index in [0.717, 1.165) is 30.0 Å². The van der Waals surface area contributed by atoms with Crippen LogP contribution in [0.3, 0.4) is 0 Å². The first kappa shape index (κ1) is 20.1. The van der Waals surface area contributed by atoms with Gasteiger partial charge in [-0.05, 0) is 82.6 Å². The number of nitrogens with zero attached hydrogens (tertiary/aromatic N) is 1. The van der Waals surface area contributed by atoms with Gasteiger partial charge in [-0.25, -0.2) is 0 Å². The van der Waals surface area contributed by atoms with Crippen molar-refractivity contribution in [1.82, 2.24) is 0 Å². The summed E-state index contributed by atoms with van der Waals surface area (Å²) in [5.74, 6) is 0.397. The topological polar surface area (TPSA) is 41.6 Å². The summed E-state index contributed by atoms with van der Waals surface area (Å²) in [6.45, 7) is 11.6. The quantitative estimate of drug-likeness (QED) is 0.715. The van der Waals surface area contributed by atoms with Crippen molar-refractivity contribution >= 4 is 28.9 Å². The minimum atomic E-state index is -1.02. The Morgan fingerprint density at radius 1 is 1.12 bits per heavy atom. The van der Waals surface area contributed by atoms with Crippen LogP contribution in [0.1, 0.15) is 33.3 Å². The van der Waals surface area contributed by atoms with Gasteiger partial charge in [0.05, 0.1) is 0 Å². The Morgan fingerprint density at radius 3 is 2.27 bits per heavy atom. The van der Waals surface area contributed by atoms with Crippen LogP contribution in [0.4, 0.5) is 11.4 Å². The van der Waals surface area contributed by atoms with Gasteiger partial charge < -0.3 is 15.0 Å². The highest BCUT2D eigenvalue weighted by atomic mass is 35.5. The third-order valence-corrected chi connectivity index (χ3v) is 4.57. The SMILES string of the molecule is CCN(CC)c1ccc(NC(=O)C(C)(C)Oc2ccc(Cl)cc2)c(C)c1. The lowest BCUT2D eigenvalue weighted by molar-refractivity contribution is -0.128. The smallest absolute Gasteiger partial charge is 0.267 e. The molecule has 1 amide bonds. The van der Waals surface area contributed by atoms with Gasteiger partial charge in [-0.2, -0.15) is 0 Å². The number of nitrogens with one attached hydrogen (secondary N) is 1. The van der Waals surface area contributed by atoms with E-state index in [1.165, 1.54) is 0 Å². The van der Waals surface area contributed by atoms with E-state index in [-0.39, 0.29) is 5.91 Å². The fraction of sp³-hybridized carbons (Fsp3) is 0.381. The second-order valence-corrected chi connectivity index (χ2v) is 7.13. The number of rotatable bonds is 7. The Labute approximate surface area is 161 Å². The first-order valence-electron chi connectivity index (χ1n) is 8.88. The second-order valence-electron chi connectivity index (χ2n) is 6.69. The summed E-state index contributed by atoms with van der Waals surface area (Å²) < 4.78 is 5.85. The molecule has 0 radical (unpaired) electrons. The number of benzene rings is 2. The fourth-order valence-electron chi connectivity index (χ4n) is 2.69. The average molecular weight is 375 g/mol. The molecule has 2 rings (SSSR count). The molecule has 0 aliphatic rings. The van der Waals surface area contributed by atoms with E-state index in [2.05, 4.69) is 30.1 Å². The zero-order valence-electron chi connectivity index (χ0n) is 16.1. The summed E-state index contributed by atoms with van der Waals surface area (Å²) in [5.41, 5.74) is 1.95. The summed E-state index contributed by atoms with van der Waals surface area (Å²) >= 11 is 5.89. The molecule has 0 heterocycles. The molecule has 0 aliphatic carbocycles. The molecule has 0 spiro atoms. The van der Waals surface area contributed by atoms with Crippen molar-refractivity contribution in [2.24, 2.45) is 0 Å². The molecule has 26 heavy (non-hydrogen) atoms. The van der Waals surface area contributed by atoms with E-state index >= 15 is 0 Å². The van der Waals surface area contributed by atoms with E-state index in [0.29, 0.717) is 10.8 Å². The van der Waals surface area contributed by atoms with Gasteiger partial charge in [0.15, 0.2) is 5.60 Å². The first-order chi connectivity index (χ1) is 12.3. The summed E-state index contributed by atoms with van der Waals surface area (Å²) in [6.07, 6.45) is 0. The van der Waals surface area contributed by atoms with Crippen molar-refractivity contribution in [2.75, 3.05) is 23.3 Å². The summed E-state index contributed by atoms with van der Waals surface area (Å²) in [5, 5.41) is 3.60. The Hall–Kier alpha value is -2.20. The number of hydrogen-bond donors (Lipinski definition) is 1. The highest BCUT2D eigenvalue weighted by Crippen LogP contribution is 2.25. The van der Waals surface area contributed by atoms with Crippen LogP contribution >= 0.6 is 11.6 Å². The van der Waals surface area contributed by atoms with E-state index in [1.807, 2.05) is 19.1 Å². The van der Waals surface area contributed by atoms with E-state index in [1.54, 1.807) is 38.1 Å². The number of anilines is 2. The Kier molecular flexibility index (Phi) is 6.54. The van der Waals surface area contributed by atoms with Crippen LogP contribution in [0.25, 0.3) is 0 Å². The number of ether oxygens (including phenoxy) is 1. The van der Waals surface area contributed by atoms with Crippen LogP contribution in [0.5, 0.6) is 5.75 Å². The first-order valence-corrected chi connectivity index (χ1v) is 9.26. The van der Waals surface area contributed by atoms with Gasteiger partial charge in [0.25, 0.3) is 5.91 Å². The molecule has 0 aliphatic heterocycles. The van der Waals surface area contributed by atoms with Crippen molar-refractivity contribution in [3.05, 3.63) is 53.1 Å². The van der Waals surface area contributed by atoms with Crippen molar-refractivity contribution in [2.45, 2.75) is 40.2 Å². The van der Waals surface area contributed by atoms with Gasteiger partial charge in [-0.3, -0.25) is 4.79 Å². The van der Waals surface area contributed by atoms with E-state index < -0.39 is 5.60 Å². The maximum atomic E-state index is 12.7. The lowest BCUT2D eigenvalue weighted by Crippen LogP contribution is -2.42. The number of hydrogen-bond acceptors (Lipinski definition) is 3. The van der Waals surface area contributed by atoms with Gasteiger partial charge >= 0.3 is 0 Å². The molecule has 0 fully saturated rings. The van der Waals surface area contributed by atoms with Crippen LogP contribution in [0.15, 0.2) is 42.5 Å². The summed E-state index contributed by atoms with van der Waals surface area (Å²) in [4.78, 5) is 15.0. The minimum Gasteiger partial charge on any atom is -0.478 e. The molecular formula is C21H27ClN2O2. The number of halogens is 1. The number of carbonyl (C=O) groups excluding carboxylic acids is 1. The minimum absolute atomic E-state index is 0.203. The lowest BCUT2D eigenvalue weighted by atomic mass is 10.1. The van der Waals surface area contributed by atoms with Gasteiger partial charge in [-0.15, -0.1) is 0 Å². The van der Waals surface area contributed by atoms with E-state index in [4.69, 9.17) is 16.3 Å².